The monoisotopic (exact) mass is 158 g/mol. The molecular weight excluding hydrogens is 144 g/mol. The van der Waals surface area contributed by atoms with E-state index in [1.54, 1.807) is 0 Å². The summed E-state index contributed by atoms with van der Waals surface area (Å²) in [5.74, 6) is -0.708. The van der Waals surface area contributed by atoms with Crippen molar-refractivity contribution in [3.63, 3.8) is 0 Å². The summed E-state index contributed by atoms with van der Waals surface area (Å²) in [6.45, 7) is 1.97. The lowest BCUT2D eigenvalue weighted by atomic mass is 10.1. The Morgan fingerprint density at radius 1 is 1.45 bits per heavy atom. The predicted octanol–water partition coefficient (Wildman–Crippen LogP) is 0.974. The average molecular weight is 158 g/mol. The molecule has 11 heavy (non-hydrogen) atoms. The van der Waals surface area contributed by atoms with Gasteiger partial charge in [0.15, 0.2) is 5.78 Å². The Kier molecular flexibility index (Phi) is 2.30. The van der Waals surface area contributed by atoms with E-state index in [0.29, 0.717) is 6.42 Å². The van der Waals surface area contributed by atoms with E-state index in [-0.39, 0.29) is 11.7 Å². The number of carbonyl (C=O) groups is 1. The molecule has 1 fully saturated rings. The first-order valence-corrected chi connectivity index (χ1v) is 3.81. The van der Waals surface area contributed by atoms with Crippen LogP contribution in [-0.4, -0.2) is 25.8 Å². The van der Waals surface area contributed by atoms with Crippen LogP contribution in [0.4, 0.5) is 0 Å². The molecule has 0 aromatic carbocycles. The van der Waals surface area contributed by atoms with E-state index in [1.807, 2.05) is 6.92 Å². The highest BCUT2D eigenvalue weighted by molar-refractivity contribution is 5.88. The Labute approximate surface area is 66.7 Å². The molecule has 0 spiro atoms. The molecule has 0 bridgehead atoms. The van der Waals surface area contributed by atoms with Crippen LogP contribution >= 0.6 is 0 Å². The number of hydrogen-bond donors (Lipinski definition) is 0. The number of Topliss-reactive ketones (excluding diaryl/α,β-unsaturated/α-hetero) is 1. The van der Waals surface area contributed by atoms with Gasteiger partial charge in [0.1, 0.15) is 0 Å². The summed E-state index contributed by atoms with van der Waals surface area (Å²) in [6.07, 6.45) is 1.43. The standard InChI is InChI=1S/C8H14O3/c1-6-4-5-7(9)8(6,10-2)11-3/h6H,4-5H2,1-3H3. The third kappa shape index (κ3) is 1.08. The quantitative estimate of drug-likeness (QED) is 0.562. The molecule has 1 unspecified atom stereocenters. The maximum Gasteiger partial charge on any atom is 0.231 e. The van der Waals surface area contributed by atoms with Gasteiger partial charge < -0.3 is 9.47 Å². The van der Waals surface area contributed by atoms with Crippen molar-refractivity contribution in [2.45, 2.75) is 25.6 Å². The van der Waals surface area contributed by atoms with Gasteiger partial charge in [-0.1, -0.05) is 6.92 Å². The highest BCUT2D eigenvalue weighted by atomic mass is 16.7. The van der Waals surface area contributed by atoms with E-state index in [1.165, 1.54) is 14.2 Å². The minimum Gasteiger partial charge on any atom is -0.347 e. The fourth-order valence-corrected chi connectivity index (χ4v) is 1.70. The molecule has 1 aliphatic carbocycles. The van der Waals surface area contributed by atoms with E-state index in [2.05, 4.69) is 0 Å². The first-order chi connectivity index (χ1) is 5.17. The van der Waals surface area contributed by atoms with Crippen molar-refractivity contribution in [3.8, 4) is 0 Å². The molecule has 64 valence electrons. The third-order valence-electron chi connectivity index (χ3n) is 2.45. The fourth-order valence-electron chi connectivity index (χ4n) is 1.70. The Balaban J connectivity index is 2.85. The van der Waals surface area contributed by atoms with E-state index >= 15 is 0 Å². The first kappa shape index (κ1) is 8.68. The molecule has 3 heteroatoms. The van der Waals surface area contributed by atoms with Crippen molar-refractivity contribution < 1.29 is 14.3 Å². The SMILES string of the molecule is COC1(OC)C(=O)CCC1C. The van der Waals surface area contributed by atoms with Crippen LogP contribution in [0.2, 0.25) is 0 Å². The van der Waals surface area contributed by atoms with Crippen molar-refractivity contribution in [1.82, 2.24) is 0 Å². The van der Waals surface area contributed by atoms with Gasteiger partial charge in [-0.15, -0.1) is 0 Å². The third-order valence-corrected chi connectivity index (χ3v) is 2.45. The summed E-state index contributed by atoms with van der Waals surface area (Å²) in [6, 6.07) is 0. The second kappa shape index (κ2) is 2.91. The molecule has 0 amide bonds. The molecule has 1 atom stereocenters. The van der Waals surface area contributed by atoms with E-state index < -0.39 is 5.79 Å². The summed E-state index contributed by atoms with van der Waals surface area (Å²) in [4.78, 5) is 11.3. The zero-order valence-corrected chi connectivity index (χ0v) is 7.22. The van der Waals surface area contributed by atoms with E-state index in [0.717, 1.165) is 6.42 Å². The van der Waals surface area contributed by atoms with Gasteiger partial charge >= 0.3 is 0 Å². The molecule has 1 aliphatic rings. The van der Waals surface area contributed by atoms with Gasteiger partial charge in [0.25, 0.3) is 0 Å². The Morgan fingerprint density at radius 3 is 2.18 bits per heavy atom. The van der Waals surface area contributed by atoms with Crippen LogP contribution in [0.25, 0.3) is 0 Å². The Morgan fingerprint density at radius 2 is 2.00 bits per heavy atom. The van der Waals surface area contributed by atoms with Crippen LogP contribution in [-0.2, 0) is 14.3 Å². The van der Waals surface area contributed by atoms with E-state index in [4.69, 9.17) is 9.47 Å². The van der Waals surface area contributed by atoms with Gasteiger partial charge in [-0.25, -0.2) is 0 Å². The zero-order chi connectivity index (χ0) is 8.48. The second-order valence-corrected chi connectivity index (χ2v) is 2.94. The highest BCUT2D eigenvalue weighted by Gasteiger charge is 2.48. The summed E-state index contributed by atoms with van der Waals surface area (Å²) < 4.78 is 10.2. The van der Waals surface area contributed by atoms with Crippen LogP contribution in [0.1, 0.15) is 19.8 Å². The Hall–Kier alpha value is -0.410. The maximum atomic E-state index is 11.3. The molecule has 0 aromatic rings. The van der Waals surface area contributed by atoms with Crippen molar-refractivity contribution in [1.29, 1.82) is 0 Å². The molecule has 0 aromatic heterocycles. The van der Waals surface area contributed by atoms with Gasteiger partial charge in [0.2, 0.25) is 5.79 Å². The summed E-state index contributed by atoms with van der Waals surface area (Å²) in [5, 5.41) is 0. The lowest BCUT2D eigenvalue weighted by Crippen LogP contribution is -2.43. The van der Waals surface area contributed by atoms with Crippen LogP contribution in [0, 0.1) is 5.92 Å². The number of rotatable bonds is 2. The van der Waals surface area contributed by atoms with Crippen LogP contribution in [0.3, 0.4) is 0 Å². The molecule has 0 radical (unpaired) electrons. The molecule has 0 N–H and O–H groups in total. The van der Waals surface area contributed by atoms with Crippen molar-refractivity contribution >= 4 is 5.78 Å². The normalized spacial score (nSPS) is 29.4. The maximum absolute atomic E-state index is 11.3. The summed E-state index contributed by atoms with van der Waals surface area (Å²) in [5.41, 5.74) is 0. The molecule has 1 saturated carbocycles. The lowest BCUT2D eigenvalue weighted by Gasteiger charge is -2.28. The van der Waals surface area contributed by atoms with Crippen molar-refractivity contribution in [3.05, 3.63) is 0 Å². The second-order valence-electron chi connectivity index (χ2n) is 2.94. The number of carbonyl (C=O) groups excluding carboxylic acids is 1. The van der Waals surface area contributed by atoms with E-state index in [9.17, 15) is 4.79 Å². The number of ketones is 1. The topological polar surface area (TPSA) is 35.5 Å². The molecule has 0 aliphatic heterocycles. The molecule has 3 nitrogen and oxygen atoms in total. The van der Waals surface area contributed by atoms with Crippen molar-refractivity contribution in [2.75, 3.05) is 14.2 Å². The number of methoxy groups -OCH3 is 2. The van der Waals surface area contributed by atoms with Gasteiger partial charge in [0, 0.05) is 26.6 Å². The van der Waals surface area contributed by atoms with Crippen LogP contribution < -0.4 is 0 Å². The zero-order valence-electron chi connectivity index (χ0n) is 7.22. The molecular formula is C8H14O3. The van der Waals surface area contributed by atoms with Crippen molar-refractivity contribution in [2.24, 2.45) is 5.92 Å². The summed E-state index contributed by atoms with van der Waals surface area (Å²) >= 11 is 0. The number of ether oxygens (including phenoxy) is 2. The fraction of sp³-hybridized carbons (Fsp3) is 0.875. The summed E-state index contributed by atoms with van der Waals surface area (Å²) in [7, 11) is 3.03. The van der Waals surface area contributed by atoms with Gasteiger partial charge in [0.05, 0.1) is 0 Å². The molecule has 0 saturated heterocycles. The first-order valence-electron chi connectivity index (χ1n) is 3.81. The average Bonchev–Trinajstić information content (AvgIpc) is 2.29. The largest absolute Gasteiger partial charge is 0.347 e. The highest BCUT2D eigenvalue weighted by Crippen LogP contribution is 2.35. The smallest absolute Gasteiger partial charge is 0.231 e. The van der Waals surface area contributed by atoms with Gasteiger partial charge in [-0.05, 0) is 6.42 Å². The minimum atomic E-state index is -0.944. The minimum absolute atomic E-state index is 0.0648. The van der Waals surface area contributed by atoms with Gasteiger partial charge in [-0.3, -0.25) is 4.79 Å². The molecule has 0 heterocycles. The molecule has 1 rings (SSSR count). The Bertz CT molecular complexity index is 161. The van der Waals surface area contributed by atoms with Crippen LogP contribution in [0.5, 0.6) is 0 Å². The van der Waals surface area contributed by atoms with Crippen LogP contribution in [0.15, 0.2) is 0 Å². The van der Waals surface area contributed by atoms with Gasteiger partial charge in [-0.2, -0.15) is 0 Å². The lowest BCUT2D eigenvalue weighted by molar-refractivity contribution is -0.216. The number of hydrogen-bond acceptors (Lipinski definition) is 3. The predicted molar refractivity (Wildman–Crippen MR) is 40.2 cm³/mol.